The number of benzene rings is 1. The molecule has 4 N–H and O–H groups in total. The zero-order chi connectivity index (χ0) is 5.98. The summed E-state index contributed by atoms with van der Waals surface area (Å²) < 4.78 is 0. The molecule has 3 heteroatoms. The Morgan fingerprint density at radius 2 is 1.56 bits per heavy atom. The molecular formula is C6H9N2Na. The maximum absolute atomic E-state index is 5.38. The van der Waals surface area contributed by atoms with Crippen molar-refractivity contribution in [2.24, 2.45) is 0 Å². The van der Waals surface area contributed by atoms with Crippen LogP contribution in [0.4, 0.5) is 11.4 Å². The van der Waals surface area contributed by atoms with E-state index in [1.54, 1.807) is 18.2 Å². The molecule has 1 rings (SSSR count). The second-order valence-corrected chi connectivity index (χ2v) is 1.67. The van der Waals surface area contributed by atoms with Crippen LogP contribution in [0, 0.1) is 0 Å². The summed E-state index contributed by atoms with van der Waals surface area (Å²) in [5.74, 6) is 0. The molecule has 44 valence electrons. The third-order valence-corrected chi connectivity index (χ3v) is 0.911. The summed E-state index contributed by atoms with van der Waals surface area (Å²) in [5.41, 5.74) is 12.2. The van der Waals surface area contributed by atoms with Gasteiger partial charge in [-0.3, -0.25) is 0 Å². The predicted octanol–water partition coefficient (Wildman–Crippen LogP) is -2.03. The van der Waals surface area contributed by atoms with E-state index in [1.165, 1.54) is 0 Å². The molecule has 0 amide bonds. The van der Waals surface area contributed by atoms with Crippen molar-refractivity contribution < 1.29 is 31.0 Å². The van der Waals surface area contributed by atoms with Crippen molar-refractivity contribution in [3.05, 3.63) is 24.3 Å². The molecule has 0 saturated heterocycles. The molecule has 1 aromatic rings. The summed E-state index contributed by atoms with van der Waals surface area (Å²) in [6.07, 6.45) is 0. The minimum absolute atomic E-state index is 0. The van der Waals surface area contributed by atoms with Crippen molar-refractivity contribution in [3.63, 3.8) is 0 Å². The normalized spacial score (nSPS) is 8.00. The van der Waals surface area contributed by atoms with E-state index in [4.69, 9.17) is 11.5 Å². The average molecular weight is 132 g/mol. The van der Waals surface area contributed by atoms with Crippen LogP contribution in [0.15, 0.2) is 24.3 Å². The van der Waals surface area contributed by atoms with Crippen molar-refractivity contribution in [2.75, 3.05) is 11.5 Å². The van der Waals surface area contributed by atoms with Gasteiger partial charge in [-0.2, -0.15) is 0 Å². The minimum Gasteiger partial charge on any atom is -1.00 e. The van der Waals surface area contributed by atoms with Crippen LogP contribution in [0.3, 0.4) is 0 Å². The molecule has 9 heavy (non-hydrogen) atoms. The standard InChI is InChI=1S/C6H8N2.Na.H/c7-5-2-1-3-6(8)4-5;;/h1-4H,7-8H2;;/q;+1;-1. The van der Waals surface area contributed by atoms with Crippen LogP contribution >= 0.6 is 0 Å². The molecule has 0 aliphatic heterocycles. The molecular weight excluding hydrogens is 123 g/mol. The molecule has 0 unspecified atom stereocenters. The van der Waals surface area contributed by atoms with Crippen molar-refractivity contribution >= 4 is 11.4 Å². The maximum atomic E-state index is 5.38. The second-order valence-electron chi connectivity index (χ2n) is 1.67. The first-order chi connectivity index (χ1) is 3.79. The van der Waals surface area contributed by atoms with Gasteiger partial charge in [0.1, 0.15) is 0 Å². The van der Waals surface area contributed by atoms with Crippen LogP contribution in [0.1, 0.15) is 1.43 Å². The number of hydrogen-bond acceptors (Lipinski definition) is 2. The Hall–Kier alpha value is -0.180. The number of anilines is 2. The smallest absolute Gasteiger partial charge is 1.00 e. The zero-order valence-electron chi connectivity index (χ0n) is 6.46. The molecule has 0 aromatic heterocycles. The Morgan fingerprint density at radius 1 is 1.11 bits per heavy atom. The van der Waals surface area contributed by atoms with Crippen LogP contribution in [0.2, 0.25) is 0 Å². The van der Waals surface area contributed by atoms with E-state index < -0.39 is 0 Å². The van der Waals surface area contributed by atoms with Gasteiger partial charge in [-0.15, -0.1) is 0 Å². The summed E-state index contributed by atoms with van der Waals surface area (Å²) in [7, 11) is 0. The van der Waals surface area contributed by atoms with E-state index in [1.807, 2.05) is 6.07 Å². The van der Waals surface area contributed by atoms with Crippen LogP contribution in [0.5, 0.6) is 0 Å². The van der Waals surface area contributed by atoms with Gasteiger partial charge in [0.2, 0.25) is 0 Å². The largest absolute Gasteiger partial charge is 1.00 e. The fourth-order valence-corrected chi connectivity index (χ4v) is 0.559. The van der Waals surface area contributed by atoms with Gasteiger partial charge in [0, 0.05) is 11.4 Å². The summed E-state index contributed by atoms with van der Waals surface area (Å²) >= 11 is 0. The monoisotopic (exact) mass is 132 g/mol. The summed E-state index contributed by atoms with van der Waals surface area (Å²) in [6.45, 7) is 0. The van der Waals surface area contributed by atoms with Gasteiger partial charge in [-0.1, -0.05) is 6.07 Å². The van der Waals surface area contributed by atoms with Gasteiger partial charge in [-0.25, -0.2) is 0 Å². The van der Waals surface area contributed by atoms with Crippen LogP contribution < -0.4 is 41.0 Å². The van der Waals surface area contributed by atoms with Crippen LogP contribution in [-0.2, 0) is 0 Å². The molecule has 0 aliphatic rings. The van der Waals surface area contributed by atoms with E-state index >= 15 is 0 Å². The molecule has 1 aromatic carbocycles. The number of nitrogen functional groups attached to an aromatic ring is 2. The Kier molecular flexibility index (Phi) is 3.70. The third kappa shape index (κ3) is 2.75. The SMILES string of the molecule is Nc1cccc(N)c1.[H-].[Na+]. The molecule has 0 heterocycles. The van der Waals surface area contributed by atoms with Gasteiger partial charge < -0.3 is 12.9 Å². The summed E-state index contributed by atoms with van der Waals surface area (Å²) in [5, 5.41) is 0. The Balaban J connectivity index is 0. The first kappa shape index (κ1) is 8.82. The first-order valence-electron chi connectivity index (χ1n) is 2.40. The van der Waals surface area contributed by atoms with Gasteiger partial charge in [0.05, 0.1) is 0 Å². The van der Waals surface area contributed by atoms with Crippen molar-refractivity contribution in [1.29, 1.82) is 0 Å². The average Bonchev–Trinajstić information content (AvgIpc) is 1.64. The molecule has 0 radical (unpaired) electrons. The molecule has 0 spiro atoms. The van der Waals surface area contributed by atoms with Gasteiger partial charge in [0.15, 0.2) is 0 Å². The van der Waals surface area contributed by atoms with Crippen LogP contribution in [0.25, 0.3) is 0 Å². The predicted molar refractivity (Wildman–Crippen MR) is 36.4 cm³/mol. The van der Waals surface area contributed by atoms with E-state index in [0.717, 1.165) is 0 Å². The van der Waals surface area contributed by atoms with E-state index in [2.05, 4.69) is 0 Å². The summed E-state index contributed by atoms with van der Waals surface area (Å²) in [4.78, 5) is 0. The van der Waals surface area contributed by atoms with E-state index in [9.17, 15) is 0 Å². The first-order valence-corrected chi connectivity index (χ1v) is 2.40. The van der Waals surface area contributed by atoms with Gasteiger partial charge in [-0.05, 0) is 18.2 Å². The molecule has 0 fully saturated rings. The van der Waals surface area contributed by atoms with Gasteiger partial charge >= 0.3 is 29.6 Å². The molecule has 0 atom stereocenters. The molecule has 0 aliphatic carbocycles. The number of hydrogen-bond donors (Lipinski definition) is 2. The summed E-state index contributed by atoms with van der Waals surface area (Å²) in [6, 6.07) is 7.15. The number of rotatable bonds is 0. The molecule has 2 nitrogen and oxygen atoms in total. The topological polar surface area (TPSA) is 52.0 Å². The van der Waals surface area contributed by atoms with Crippen LogP contribution in [-0.4, -0.2) is 0 Å². The van der Waals surface area contributed by atoms with Gasteiger partial charge in [0.25, 0.3) is 0 Å². The van der Waals surface area contributed by atoms with Crippen molar-refractivity contribution in [1.82, 2.24) is 0 Å². The molecule has 0 bridgehead atoms. The van der Waals surface area contributed by atoms with E-state index in [0.29, 0.717) is 11.4 Å². The quantitative estimate of drug-likeness (QED) is 0.316. The minimum atomic E-state index is 0. The second kappa shape index (κ2) is 3.77. The zero-order valence-corrected chi connectivity index (χ0v) is 7.46. The van der Waals surface area contributed by atoms with Crippen molar-refractivity contribution in [2.45, 2.75) is 0 Å². The fourth-order valence-electron chi connectivity index (χ4n) is 0.559. The Morgan fingerprint density at radius 3 is 1.78 bits per heavy atom. The van der Waals surface area contributed by atoms with E-state index in [-0.39, 0.29) is 31.0 Å². The fraction of sp³-hybridized carbons (Fsp3) is 0. The molecule has 0 saturated carbocycles. The maximum Gasteiger partial charge on any atom is 1.00 e. The third-order valence-electron chi connectivity index (χ3n) is 0.911. The number of nitrogens with two attached hydrogens (primary N) is 2. The Bertz CT molecular complexity index is 176. The van der Waals surface area contributed by atoms with Crippen molar-refractivity contribution in [3.8, 4) is 0 Å². The Labute approximate surface area is 78.0 Å².